The molecule has 106 valence electrons. The lowest BCUT2D eigenvalue weighted by Crippen LogP contribution is -2.42. The van der Waals surface area contributed by atoms with Crippen LogP contribution in [-0.4, -0.2) is 60.1 Å². The third-order valence-corrected chi connectivity index (χ3v) is 3.57. The average Bonchev–Trinajstić information content (AvgIpc) is 2.31. The summed E-state index contributed by atoms with van der Waals surface area (Å²) in [5.74, 6) is -0.683. The van der Waals surface area contributed by atoms with Crippen LogP contribution in [0.4, 0.5) is 0 Å². The van der Waals surface area contributed by atoms with Gasteiger partial charge in [-0.1, -0.05) is 20.8 Å². The minimum Gasteiger partial charge on any atom is -0.481 e. The van der Waals surface area contributed by atoms with E-state index in [-0.39, 0.29) is 11.8 Å². The third kappa shape index (κ3) is 4.94. The minimum absolute atomic E-state index is 0.277. The van der Waals surface area contributed by atoms with Gasteiger partial charge in [-0.25, -0.2) is 0 Å². The van der Waals surface area contributed by atoms with Gasteiger partial charge in [-0.05, 0) is 31.8 Å². The Bertz CT molecular complexity index is 279. The number of nitrogens with zero attached hydrogens (tertiary/aromatic N) is 2. The first-order valence-electron chi connectivity index (χ1n) is 6.98. The van der Waals surface area contributed by atoms with Crippen LogP contribution >= 0.6 is 0 Å². The van der Waals surface area contributed by atoms with Gasteiger partial charge >= 0.3 is 5.97 Å². The van der Waals surface area contributed by atoms with Crippen LogP contribution in [0.3, 0.4) is 0 Å². The number of carbonyl (C=O) groups is 1. The number of rotatable bonds is 5. The van der Waals surface area contributed by atoms with Crippen molar-refractivity contribution in [2.75, 3.05) is 33.2 Å². The third-order valence-electron chi connectivity index (χ3n) is 3.57. The zero-order valence-electron chi connectivity index (χ0n) is 12.3. The SMILES string of the molecule is CCCN1CC(C)(C)CN(C)CC1CCC(=O)O. The smallest absolute Gasteiger partial charge is 0.303 e. The molecule has 0 radical (unpaired) electrons. The van der Waals surface area contributed by atoms with E-state index in [9.17, 15) is 4.79 Å². The van der Waals surface area contributed by atoms with Crippen LogP contribution in [0.5, 0.6) is 0 Å². The molecule has 1 saturated heterocycles. The maximum absolute atomic E-state index is 10.8. The van der Waals surface area contributed by atoms with Gasteiger partial charge in [0, 0.05) is 32.1 Å². The fraction of sp³-hybridized carbons (Fsp3) is 0.929. The Morgan fingerprint density at radius 1 is 1.39 bits per heavy atom. The molecule has 0 spiro atoms. The molecular weight excluding hydrogens is 228 g/mol. The lowest BCUT2D eigenvalue weighted by Gasteiger charge is -2.33. The van der Waals surface area contributed by atoms with Crippen molar-refractivity contribution in [3.63, 3.8) is 0 Å². The van der Waals surface area contributed by atoms with E-state index in [1.807, 2.05) is 0 Å². The fourth-order valence-electron chi connectivity index (χ4n) is 3.11. The highest BCUT2D eigenvalue weighted by Gasteiger charge is 2.32. The molecule has 1 rings (SSSR count). The van der Waals surface area contributed by atoms with Gasteiger partial charge in [-0.15, -0.1) is 0 Å². The van der Waals surface area contributed by atoms with Crippen molar-refractivity contribution in [1.82, 2.24) is 9.80 Å². The topological polar surface area (TPSA) is 43.8 Å². The van der Waals surface area contributed by atoms with Crippen molar-refractivity contribution in [1.29, 1.82) is 0 Å². The summed E-state index contributed by atoms with van der Waals surface area (Å²) in [4.78, 5) is 15.6. The molecular formula is C14H28N2O2. The van der Waals surface area contributed by atoms with Crippen molar-refractivity contribution in [3.05, 3.63) is 0 Å². The average molecular weight is 256 g/mol. The lowest BCUT2D eigenvalue weighted by molar-refractivity contribution is -0.137. The van der Waals surface area contributed by atoms with Gasteiger partial charge in [0.05, 0.1) is 0 Å². The molecule has 1 aliphatic rings. The van der Waals surface area contributed by atoms with E-state index < -0.39 is 5.97 Å². The number of hydrogen-bond acceptors (Lipinski definition) is 3. The summed E-state index contributed by atoms with van der Waals surface area (Å²) >= 11 is 0. The molecule has 0 aromatic rings. The van der Waals surface area contributed by atoms with Crippen LogP contribution in [0.15, 0.2) is 0 Å². The Kier molecular flexibility index (Phi) is 5.60. The van der Waals surface area contributed by atoms with Crippen LogP contribution in [-0.2, 0) is 4.79 Å². The molecule has 1 heterocycles. The zero-order chi connectivity index (χ0) is 13.8. The van der Waals surface area contributed by atoms with Crippen molar-refractivity contribution in [2.45, 2.75) is 46.1 Å². The van der Waals surface area contributed by atoms with Crippen LogP contribution in [0.1, 0.15) is 40.0 Å². The number of hydrogen-bond donors (Lipinski definition) is 1. The van der Waals surface area contributed by atoms with Gasteiger partial charge in [-0.2, -0.15) is 0 Å². The molecule has 1 unspecified atom stereocenters. The van der Waals surface area contributed by atoms with E-state index >= 15 is 0 Å². The van der Waals surface area contributed by atoms with E-state index in [4.69, 9.17) is 5.11 Å². The second-order valence-electron chi connectivity index (χ2n) is 6.42. The van der Waals surface area contributed by atoms with Crippen molar-refractivity contribution in [3.8, 4) is 0 Å². The van der Waals surface area contributed by atoms with Crippen molar-refractivity contribution < 1.29 is 9.90 Å². The second kappa shape index (κ2) is 6.53. The molecule has 0 bridgehead atoms. The zero-order valence-corrected chi connectivity index (χ0v) is 12.3. The number of carboxylic acids is 1. The van der Waals surface area contributed by atoms with Crippen LogP contribution in [0.2, 0.25) is 0 Å². The number of likely N-dealkylation sites (N-methyl/N-ethyl adjacent to an activating group) is 1. The van der Waals surface area contributed by atoms with Gasteiger partial charge < -0.3 is 10.0 Å². The minimum atomic E-state index is -0.683. The summed E-state index contributed by atoms with van der Waals surface area (Å²) in [7, 11) is 2.14. The molecule has 1 fully saturated rings. The first-order chi connectivity index (χ1) is 8.34. The summed E-state index contributed by atoms with van der Waals surface area (Å²) in [6, 6.07) is 0.382. The highest BCUT2D eigenvalue weighted by molar-refractivity contribution is 5.66. The summed E-state index contributed by atoms with van der Waals surface area (Å²) < 4.78 is 0. The predicted octanol–water partition coefficient (Wildman–Crippen LogP) is 1.90. The van der Waals surface area contributed by atoms with Gasteiger partial charge in [0.2, 0.25) is 0 Å². The first kappa shape index (κ1) is 15.4. The van der Waals surface area contributed by atoms with E-state index in [2.05, 4.69) is 37.6 Å². The highest BCUT2D eigenvalue weighted by Crippen LogP contribution is 2.25. The molecule has 1 atom stereocenters. The van der Waals surface area contributed by atoms with Gasteiger partial charge in [0.1, 0.15) is 0 Å². The van der Waals surface area contributed by atoms with Crippen molar-refractivity contribution in [2.24, 2.45) is 5.41 Å². The van der Waals surface area contributed by atoms with Gasteiger partial charge in [0.25, 0.3) is 0 Å². The Labute approximate surface area is 111 Å². The Morgan fingerprint density at radius 3 is 2.61 bits per heavy atom. The molecule has 0 aliphatic carbocycles. The quantitative estimate of drug-likeness (QED) is 0.816. The van der Waals surface area contributed by atoms with E-state index in [0.717, 1.165) is 39.0 Å². The summed E-state index contributed by atoms with van der Waals surface area (Å²) in [6.07, 6.45) is 2.16. The maximum Gasteiger partial charge on any atom is 0.303 e. The Morgan fingerprint density at radius 2 is 2.06 bits per heavy atom. The summed E-state index contributed by atoms with van der Waals surface area (Å²) in [5, 5.41) is 8.87. The molecule has 0 amide bonds. The second-order valence-corrected chi connectivity index (χ2v) is 6.42. The number of carboxylic acid groups (broad SMARTS) is 1. The van der Waals surface area contributed by atoms with Gasteiger partial charge in [0.15, 0.2) is 0 Å². The normalized spacial score (nSPS) is 25.9. The monoisotopic (exact) mass is 256 g/mol. The molecule has 4 heteroatoms. The summed E-state index contributed by atoms with van der Waals surface area (Å²) in [5.41, 5.74) is 0.280. The lowest BCUT2D eigenvalue weighted by atomic mass is 9.92. The molecule has 0 saturated carbocycles. The first-order valence-corrected chi connectivity index (χ1v) is 6.98. The maximum atomic E-state index is 10.8. The van der Waals surface area contributed by atoms with Crippen molar-refractivity contribution >= 4 is 5.97 Å². The van der Waals surface area contributed by atoms with E-state index in [1.54, 1.807) is 0 Å². The summed E-state index contributed by atoms with van der Waals surface area (Å²) in [6.45, 7) is 11.0. The predicted molar refractivity (Wildman–Crippen MR) is 73.8 cm³/mol. The van der Waals surface area contributed by atoms with Crippen LogP contribution in [0.25, 0.3) is 0 Å². The van der Waals surface area contributed by atoms with E-state index in [1.165, 1.54) is 0 Å². The largest absolute Gasteiger partial charge is 0.481 e. The Balaban J connectivity index is 2.72. The highest BCUT2D eigenvalue weighted by atomic mass is 16.4. The van der Waals surface area contributed by atoms with E-state index in [0.29, 0.717) is 6.04 Å². The standard InChI is InChI=1S/C14H28N2O2/c1-5-8-16-11-14(2,3)10-15(4)9-12(16)6-7-13(17)18/h12H,5-11H2,1-4H3,(H,17,18). The molecule has 4 nitrogen and oxygen atoms in total. The fourth-order valence-corrected chi connectivity index (χ4v) is 3.11. The number of aliphatic carboxylic acids is 1. The molecule has 18 heavy (non-hydrogen) atoms. The molecule has 0 aromatic heterocycles. The van der Waals surface area contributed by atoms with Crippen LogP contribution < -0.4 is 0 Å². The molecule has 1 N–H and O–H groups in total. The molecule has 1 aliphatic heterocycles. The van der Waals surface area contributed by atoms with Gasteiger partial charge in [-0.3, -0.25) is 9.69 Å². The molecule has 0 aromatic carbocycles. The van der Waals surface area contributed by atoms with Crippen LogP contribution in [0, 0.1) is 5.41 Å². The Hall–Kier alpha value is -0.610.